The van der Waals surface area contributed by atoms with Crippen molar-refractivity contribution in [3.05, 3.63) is 65.7 Å². The third-order valence-corrected chi connectivity index (χ3v) is 6.80. The van der Waals surface area contributed by atoms with Crippen LogP contribution in [0.2, 0.25) is 0 Å². The molecular formula is C20H19N3O4S. The summed E-state index contributed by atoms with van der Waals surface area (Å²) in [4.78, 5) is 14.8. The van der Waals surface area contributed by atoms with E-state index in [1.165, 1.54) is 4.31 Å². The van der Waals surface area contributed by atoms with Crippen LogP contribution >= 0.6 is 0 Å². The van der Waals surface area contributed by atoms with E-state index in [0.29, 0.717) is 24.2 Å². The number of nitrogens with zero attached hydrogens (tertiary/aromatic N) is 3. The van der Waals surface area contributed by atoms with Crippen LogP contribution in [-0.4, -0.2) is 61.9 Å². The van der Waals surface area contributed by atoms with Crippen LogP contribution in [0, 0.1) is 11.3 Å². The molecule has 0 N–H and O–H groups in total. The van der Waals surface area contributed by atoms with E-state index >= 15 is 0 Å². The molecule has 2 fully saturated rings. The lowest BCUT2D eigenvalue weighted by molar-refractivity contribution is -0.113. The Morgan fingerprint density at radius 1 is 1.00 bits per heavy atom. The van der Waals surface area contributed by atoms with Gasteiger partial charge in [-0.15, -0.1) is 0 Å². The van der Waals surface area contributed by atoms with Crippen molar-refractivity contribution in [2.24, 2.45) is 0 Å². The van der Waals surface area contributed by atoms with Crippen molar-refractivity contribution in [3.63, 3.8) is 0 Å². The number of amides is 1. The summed E-state index contributed by atoms with van der Waals surface area (Å²) in [5.74, 6) is -0.172. The van der Waals surface area contributed by atoms with Gasteiger partial charge in [-0.05, 0) is 30.3 Å². The predicted molar refractivity (Wildman–Crippen MR) is 101 cm³/mol. The molecule has 8 heteroatoms. The summed E-state index contributed by atoms with van der Waals surface area (Å²) in [6.07, 6.45) is -0.761. The Bertz CT molecular complexity index is 1020. The number of hydrogen-bond donors (Lipinski definition) is 0. The van der Waals surface area contributed by atoms with Gasteiger partial charge in [0.25, 0.3) is 5.91 Å². The van der Waals surface area contributed by atoms with E-state index in [2.05, 4.69) is 0 Å². The summed E-state index contributed by atoms with van der Waals surface area (Å²) in [6.45, 7) is 1.03. The van der Waals surface area contributed by atoms with Crippen molar-refractivity contribution in [2.45, 2.75) is 17.1 Å². The maximum atomic E-state index is 12.9. The van der Waals surface area contributed by atoms with Gasteiger partial charge < -0.3 is 9.64 Å². The molecule has 4 rings (SSSR count). The number of hydrogen-bond acceptors (Lipinski definition) is 5. The minimum Gasteiger partial charge on any atom is -0.369 e. The van der Waals surface area contributed by atoms with Crippen molar-refractivity contribution >= 4 is 15.9 Å². The fourth-order valence-corrected chi connectivity index (χ4v) is 5.19. The van der Waals surface area contributed by atoms with Crippen molar-refractivity contribution < 1.29 is 17.9 Å². The molecule has 2 aromatic carbocycles. The maximum Gasteiger partial charge on any atom is 0.254 e. The first kappa shape index (κ1) is 18.6. The average molecular weight is 397 g/mol. The molecule has 2 aliphatic heterocycles. The van der Waals surface area contributed by atoms with E-state index in [-0.39, 0.29) is 36.1 Å². The van der Waals surface area contributed by atoms with Gasteiger partial charge in [0.15, 0.2) is 0 Å². The molecule has 2 heterocycles. The molecule has 0 aliphatic carbocycles. The van der Waals surface area contributed by atoms with Crippen molar-refractivity contribution in [1.29, 1.82) is 5.26 Å². The third-order valence-electron chi connectivity index (χ3n) is 4.95. The summed E-state index contributed by atoms with van der Waals surface area (Å²) in [5.41, 5.74) is 0.882. The van der Waals surface area contributed by atoms with Crippen molar-refractivity contribution in [2.75, 3.05) is 26.2 Å². The molecule has 7 nitrogen and oxygen atoms in total. The average Bonchev–Trinajstić information content (AvgIpc) is 2.73. The second kappa shape index (κ2) is 7.36. The molecule has 2 saturated heterocycles. The highest BCUT2D eigenvalue weighted by atomic mass is 32.2. The number of ether oxygens (including phenoxy) is 1. The Morgan fingerprint density at radius 2 is 1.68 bits per heavy atom. The molecule has 0 aromatic heterocycles. The minimum atomic E-state index is -3.59. The predicted octanol–water partition coefficient (Wildman–Crippen LogP) is 1.47. The van der Waals surface area contributed by atoms with Crippen LogP contribution in [-0.2, 0) is 14.8 Å². The van der Waals surface area contributed by atoms with Gasteiger partial charge >= 0.3 is 0 Å². The molecule has 0 radical (unpaired) electrons. The number of fused-ring (bicyclic) bond motifs is 2. The standard InChI is InChI=1S/C20H19N3O4S/c21-10-15-5-4-6-16(9-15)20(24)22-11-17-13-23(14-18(12-22)27-17)28(25,26)19-7-2-1-3-8-19/h1-9,17-18H,11-14H2. The number of carbonyl (C=O) groups is 1. The van der Waals surface area contributed by atoms with Gasteiger partial charge in [0.05, 0.1) is 28.7 Å². The van der Waals surface area contributed by atoms with E-state index in [0.717, 1.165) is 0 Å². The monoisotopic (exact) mass is 397 g/mol. The molecule has 2 bridgehead atoms. The van der Waals surface area contributed by atoms with Crippen LogP contribution in [0.25, 0.3) is 0 Å². The van der Waals surface area contributed by atoms with Crippen LogP contribution in [0.15, 0.2) is 59.5 Å². The van der Waals surface area contributed by atoms with E-state index < -0.39 is 10.0 Å². The molecule has 2 atom stereocenters. The highest BCUT2D eigenvalue weighted by molar-refractivity contribution is 7.89. The number of carbonyl (C=O) groups excluding carboxylic acids is 1. The largest absolute Gasteiger partial charge is 0.369 e. The second-order valence-electron chi connectivity index (χ2n) is 6.92. The number of morpholine rings is 2. The molecule has 28 heavy (non-hydrogen) atoms. The van der Waals surface area contributed by atoms with Crippen LogP contribution in [0.5, 0.6) is 0 Å². The summed E-state index contributed by atoms with van der Waals surface area (Å²) < 4.78 is 33.1. The Kier molecular flexibility index (Phi) is 4.89. The zero-order valence-electron chi connectivity index (χ0n) is 15.1. The number of nitriles is 1. The molecule has 2 aromatic rings. The molecule has 2 unspecified atom stereocenters. The van der Waals surface area contributed by atoms with Gasteiger partial charge in [-0.2, -0.15) is 9.57 Å². The smallest absolute Gasteiger partial charge is 0.254 e. The number of benzene rings is 2. The Morgan fingerprint density at radius 3 is 2.32 bits per heavy atom. The Hall–Kier alpha value is -2.73. The highest BCUT2D eigenvalue weighted by Crippen LogP contribution is 2.25. The summed E-state index contributed by atoms with van der Waals surface area (Å²) >= 11 is 0. The second-order valence-corrected chi connectivity index (χ2v) is 8.86. The maximum absolute atomic E-state index is 12.9. The molecule has 0 saturated carbocycles. The molecule has 0 spiro atoms. The van der Waals surface area contributed by atoms with E-state index in [1.54, 1.807) is 59.5 Å². The lowest BCUT2D eigenvalue weighted by Crippen LogP contribution is -2.61. The lowest BCUT2D eigenvalue weighted by atomic mass is 10.1. The summed E-state index contributed by atoms with van der Waals surface area (Å²) in [7, 11) is -3.59. The van der Waals surface area contributed by atoms with Crippen LogP contribution < -0.4 is 0 Å². The fourth-order valence-electron chi connectivity index (χ4n) is 3.66. The van der Waals surface area contributed by atoms with Crippen LogP contribution in [0.3, 0.4) is 0 Å². The van der Waals surface area contributed by atoms with Crippen molar-refractivity contribution in [3.8, 4) is 6.07 Å². The number of sulfonamides is 1. The zero-order chi connectivity index (χ0) is 19.7. The first-order valence-electron chi connectivity index (χ1n) is 8.97. The molecule has 2 aliphatic rings. The SMILES string of the molecule is N#Cc1cccc(C(=O)N2CC3CN(S(=O)(=O)c4ccccc4)CC(C2)O3)c1. The van der Waals surface area contributed by atoms with Gasteiger partial charge in [0, 0.05) is 31.7 Å². The van der Waals surface area contributed by atoms with Crippen LogP contribution in [0.4, 0.5) is 0 Å². The first-order chi connectivity index (χ1) is 13.5. The van der Waals surface area contributed by atoms with Crippen LogP contribution in [0.1, 0.15) is 15.9 Å². The third kappa shape index (κ3) is 3.52. The first-order valence-corrected chi connectivity index (χ1v) is 10.4. The Labute approximate surface area is 163 Å². The fraction of sp³-hybridized carbons (Fsp3) is 0.300. The quantitative estimate of drug-likeness (QED) is 0.782. The van der Waals surface area contributed by atoms with Gasteiger partial charge in [-0.1, -0.05) is 24.3 Å². The normalized spacial score (nSPS) is 22.5. The summed E-state index contributed by atoms with van der Waals surface area (Å²) in [5, 5.41) is 9.03. The topological polar surface area (TPSA) is 90.7 Å². The number of rotatable bonds is 3. The molecule has 144 valence electrons. The van der Waals surface area contributed by atoms with Gasteiger partial charge in [0.1, 0.15) is 0 Å². The molecular weight excluding hydrogens is 378 g/mol. The van der Waals surface area contributed by atoms with Crippen molar-refractivity contribution in [1.82, 2.24) is 9.21 Å². The van der Waals surface area contributed by atoms with Gasteiger partial charge in [0.2, 0.25) is 10.0 Å². The van der Waals surface area contributed by atoms with E-state index in [4.69, 9.17) is 10.00 Å². The highest BCUT2D eigenvalue weighted by Gasteiger charge is 2.41. The lowest BCUT2D eigenvalue weighted by Gasteiger charge is -2.45. The summed E-state index contributed by atoms with van der Waals surface area (Å²) in [6, 6.07) is 17.0. The Balaban J connectivity index is 1.50. The van der Waals surface area contributed by atoms with E-state index in [1.807, 2.05) is 6.07 Å². The van der Waals surface area contributed by atoms with E-state index in [9.17, 15) is 13.2 Å². The van der Waals surface area contributed by atoms with Gasteiger partial charge in [-0.25, -0.2) is 8.42 Å². The van der Waals surface area contributed by atoms with Gasteiger partial charge in [-0.3, -0.25) is 4.79 Å². The minimum absolute atomic E-state index is 0.172. The molecule has 1 amide bonds. The zero-order valence-corrected chi connectivity index (χ0v) is 15.9.